The first-order chi connectivity index (χ1) is 10.0. The molecule has 1 heterocycles. The van der Waals surface area contributed by atoms with E-state index in [-0.39, 0.29) is 11.7 Å². The minimum atomic E-state index is -0.366. The molecule has 4 N–H and O–H groups in total. The van der Waals surface area contributed by atoms with Crippen LogP contribution in [0.5, 0.6) is 0 Å². The second-order valence-electron chi connectivity index (χ2n) is 4.29. The lowest BCUT2D eigenvalue weighted by atomic mass is 10.1. The van der Waals surface area contributed by atoms with Crippen molar-refractivity contribution in [2.45, 2.75) is 6.92 Å². The van der Waals surface area contributed by atoms with Gasteiger partial charge in [-0.25, -0.2) is 10.8 Å². The molecule has 0 fully saturated rings. The number of nitrogens with zero attached hydrogens (tertiary/aromatic N) is 2. The van der Waals surface area contributed by atoms with E-state index in [9.17, 15) is 4.79 Å². The largest absolute Gasteiger partial charge is 0.322 e. The van der Waals surface area contributed by atoms with E-state index in [1.54, 1.807) is 24.3 Å². The normalized spacial score (nSPS) is 9.81. The van der Waals surface area contributed by atoms with Gasteiger partial charge in [0.15, 0.2) is 5.82 Å². The summed E-state index contributed by atoms with van der Waals surface area (Å²) in [4.78, 5) is 16.4. The molecule has 0 aliphatic heterocycles. The molecule has 0 saturated carbocycles. The summed E-state index contributed by atoms with van der Waals surface area (Å²) in [6.07, 6.45) is 1.54. The molecule has 1 aromatic carbocycles. The zero-order valence-electron chi connectivity index (χ0n) is 11.1. The number of aromatic nitrogens is 1. The van der Waals surface area contributed by atoms with Crippen LogP contribution in [0.15, 0.2) is 34.9 Å². The van der Waals surface area contributed by atoms with Crippen LogP contribution in [0.4, 0.5) is 11.5 Å². The molecule has 1 aromatic heterocycles. The Morgan fingerprint density at radius 3 is 2.86 bits per heavy atom. The third kappa shape index (κ3) is 3.37. The van der Waals surface area contributed by atoms with Crippen molar-refractivity contribution in [3.63, 3.8) is 0 Å². The van der Waals surface area contributed by atoms with Gasteiger partial charge >= 0.3 is 0 Å². The molecule has 0 saturated heterocycles. The Kier molecular flexibility index (Phi) is 4.52. The van der Waals surface area contributed by atoms with Crippen molar-refractivity contribution in [1.29, 1.82) is 5.26 Å². The van der Waals surface area contributed by atoms with Gasteiger partial charge in [-0.15, -0.1) is 0 Å². The second-order valence-corrected chi connectivity index (χ2v) is 5.21. The number of halogens is 1. The molecule has 0 aliphatic rings. The van der Waals surface area contributed by atoms with Crippen LogP contribution < -0.4 is 16.6 Å². The van der Waals surface area contributed by atoms with Gasteiger partial charge in [-0.1, -0.05) is 6.07 Å². The number of anilines is 2. The third-order valence-corrected chi connectivity index (χ3v) is 3.28. The number of pyridine rings is 1. The van der Waals surface area contributed by atoms with Crippen LogP contribution in [0.2, 0.25) is 0 Å². The van der Waals surface area contributed by atoms with E-state index in [0.29, 0.717) is 21.3 Å². The van der Waals surface area contributed by atoms with Crippen LogP contribution >= 0.6 is 15.9 Å². The predicted octanol–water partition coefficient (Wildman–Crippen LogP) is 2.56. The fraction of sp³-hybridized carbons (Fsp3) is 0.0714. The number of carbonyl (C=O) groups is 1. The van der Waals surface area contributed by atoms with Crippen LogP contribution in [0.1, 0.15) is 21.5 Å². The van der Waals surface area contributed by atoms with E-state index < -0.39 is 0 Å². The molecular formula is C14H12BrN5O. The summed E-state index contributed by atoms with van der Waals surface area (Å²) in [5.41, 5.74) is 4.58. The number of amides is 1. The summed E-state index contributed by atoms with van der Waals surface area (Å²) in [5.74, 6) is 5.26. The number of aryl methyl sites for hydroxylation is 1. The Morgan fingerprint density at radius 2 is 2.19 bits per heavy atom. The SMILES string of the molecule is Cc1ccc(C#N)cc1NC(=O)c1cc(Br)cnc1NN. The number of nitrogens with one attached hydrogen (secondary N) is 2. The van der Waals surface area contributed by atoms with Crippen molar-refractivity contribution in [3.05, 3.63) is 51.6 Å². The third-order valence-electron chi connectivity index (χ3n) is 2.85. The maximum Gasteiger partial charge on any atom is 0.259 e. The number of hydrogen-bond donors (Lipinski definition) is 3. The molecule has 1 amide bonds. The fourth-order valence-corrected chi connectivity index (χ4v) is 2.07. The topological polar surface area (TPSA) is 104 Å². The molecule has 2 aromatic rings. The minimum absolute atomic E-state index is 0.268. The van der Waals surface area contributed by atoms with Crippen LogP contribution in [-0.4, -0.2) is 10.9 Å². The molecule has 21 heavy (non-hydrogen) atoms. The molecule has 0 spiro atoms. The van der Waals surface area contributed by atoms with E-state index in [4.69, 9.17) is 11.1 Å². The van der Waals surface area contributed by atoms with Crippen molar-refractivity contribution < 1.29 is 4.79 Å². The molecule has 0 atom stereocenters. The summed E-state index contributed by atoms with van der Waals surface area (Å²) in [7, 11) is 0. The minimum Gasteiger partial charge on any atom is -0.322 e. The molecule has 0 bridgehead atoms. The number of nitrogens with two attached hydrogens (primary N) is 1. The van der Waals surface area contributed by atoms with Gasteiger partial charge in [0.2, 0.25) is 0 Å². The van der Waals surface area contributed by atoms with E-state index in [1.165, 1.54) is 6.20 Å². The summed E-state index contributed by atoms with van der Waals surface area (Å²) < 4.78 is 0.661. The van der Waals surface area contributed by atoms with Crippen LogP contribution in [0.25, 0.3) is 0 Å². The number of carbonyl (C=O) groups excluding carboxylic acids is 1. The Hall–Kier alpha value is -2.43. The molecular weight excluding hydrogens is 334 g/mol. The number of nitrogen functional groups attached to an aromatic ring is 1. The summed E-state index contributed by atoms with van der Waals surface area (Å²) in [6.45, 7) is 1.85. The zero-order chi connectivity index (χ0) is 15.4. The molecule has 0 unspecified atom stereocenters. The van der Waals surface area contributed by atoms with Crippen molar-refractivity contribution >= 4 is 33.3 Å². The highest BCUT2D eigenvalue weighted by atomic mass is 79.9. The van der Waals surface area contributed by atoms with E-state index in [2.05, 4.69) is 31.7 Å². The van der Waals surface area contributed by atoms with Gasteiger partial charge in [-0.05, 0) is 46.6 Å². The highest BCUT2D eigenvalue weighted by Crippen LogP contribution is 2.21. The van der Waals surface area contributed by atoms with Crippen molar-refractivity contribution in [1.82, 2.24) is 4.98 Å². The van der Waals surface area contributed by atoms with Gasteiger partial charge in [0, 0.05) is 16.4 Å². The standard InChI is InChI=1S/C14H12BrN5O/c1-8-2-3-9(6-16)4-12(8)19-14(21)11-5-10(15)7-18-13(11)20-17/h2-5,7H,17H2,1H3,(H,18,20)(H,19,21). The molecule has 2 rings (SSSR count). The lowest BCUT2D eigenvalue weighted by Gasteiger charge is -2.11. The predicted molar refractivity (Wildman–Crippen MR) is 83.6 cm³/mol. The van der Waals surface area contributed by atoms with Gasteiger partial charge in [-0.2, -0.15) is 5.26 Å². The molecule has 6 nitrogen and oxygen atoms in total. The van der Waals surface area contributed by atoms with Crippen molar-refractivity contribution in [2.24, 2.45) is 5.84 Å². The van der Waals surface area contributed by atoms with Gasteiger partial charge in [0.25, 0.3) is 5.91 Å². The number of hydrogen-bond acceptors (Lipinski definition) is 5. The average molecular weight is 346 g/mol. The quantitative estimate of drug-likeness (QED) is 0.585. The molecule has 0 radical (unpaired) electrons. The molecule has 0 aliphatic carbocycles. The highest BCUT2D eigenvalue weighted by Gasteiger charge is 2.14. The van der Waals surface area contributed by atoms with E-state index in [0.717, 1.165) is 5.56 Å². The van der Waals surface area contributed by atoms with Gasteiger partial charge in [0.1, 0.15) is 0 Å². The number of benzene rings is 1. The lowest BCUT2D eigenvalue weighted by molar-refractivity contribution is 0.102. The smallest absolute Gasteiger partial charge is 0.259 e. The van der Waals surface area contributed by atoms with E-state index in [1.807, 2.05) is 13.0 Å². The van der Waals surface area contributed by atoms with E-state index >= 15 is 0 Å². The number of rotatable bonds is 3. The first kappa shape index (κ1) is 15.0. The number of nitriles is 1. The summed E-state index contributed by atoms with van der Waals surface area (Å²) in [6, 6.07) is 8.73. The van der Waals surface area contributed by atoms with Gasteiger partial charge in [-0.3, -0.25) is 4.79 Å². The summed E-state index contributed by atoms with van der Waals surface area (Å²) in [5, 5.41) is 11.7. The fourth-order valence-electron chi connectivity index (χ4n) is 1.74. The monoisotopic (exact) mass is 345 g/mol. The van der Waals surface area contributed by atoms with Crippen LogP contribution in [0.3, 0.4) is 0 Å². The molecule has 7 heteroatoms. The lowest BCUT2D eigenvalue weighted by Crippen LogP contribution is -2.19. The maximum atomic E-state index is 12.3. The Labute approximate surface area is 130 Å². The zero-order valence-corrected chi connectivity index (χ0v) is 12.7. The first-order valence-electron chi connectivity index (χ1n) is 5.99. The van der Waals surface area contributed by atoms with Crippen molar-refractivity contribution in [2.75, 3.05) is 10.7 Å². The Balaban J connectivity index is 2.35. The highest BCUT2D eigenvalue weighted by molar-refractivity contribution is 9.10. The number of hydrazine groups is 1. The summed E-state index contributed by atoms with van der Waals surface area (Å²) >= 11 is 3.26. The maximum absolute atomic E-state index is 12.3. The van der Waals surface area contributed by atoms with Crippen LogP contribution in [-0.2, 0) is 0 Å². The van der Waals surface area contributed by atoms with Crippen LogP contribution in [0, 0.1) is 18.3 Å². The van der Waals surface area contributed by atoms with Gasteiger partial charge in [0.05, 0.1) is 17.2 Å². The second kappa shape index (κ2) is 6.35. The Morgan fingerprint density at radius 1 is 1.43 bits per heavy atom. The average Bonchev–Trinajstić information content (AvgIpc) is 2.49. The first-order valence-corrected chi connectivity index (χ1v) is 6.78. The molecule has 106 valence electrons. The van der Waals surface area contributed by atoms with Crippen molar-refractivity contribution in [3.8, 4) is 6.07 Å². The van der Waals surface area contributed by atoms with Gasteiger partial charge < -0.3 is 10.7 Å². The Bertz CT molecular complexity index is 739.